The molecule has 0 saturated carbocycles. The van der Waals surface area contributed by atoms with E-state index in [4.69, 9.17) is 35.9 Å². The molecule has 1 saturated heterocycles. The first kappa shape index (κ1) is 30.5. The summed E-state index contributed by atoms with van der Waals surface area (Å²) < 4.78 is 53.3. The number of aliphatic hydroxyl groups excluding tert-OH is 1. The first-order chi connectivity index (χ1) is 19.4. The number of alkyl halides is 1. The van der Waals surface area contributed by atoms with Crippen LogP contribution >= 0.6 is 19.3 Å². The van der Waals surface area contributed by atoms with E-state index in [-0.39, 0.29) is 22.7 Å². The van der Waals surface area contributed by atoms with Crippen molar-refractivity contribution in [2.75, 3.05) is 12.3 Å². The molecule has 220 valence electrons. The maximum Gasteiger partial charge on any atom is 0.459 e. The van der Waals surface area contributed by atoms with Crippen molar-refractivity contribution in [1.29, 1.82) is 0 Å². The fraction of sp³-hybridized carbons (Fsp3) is 0.400. The highest BCUT2D eigenvalue weighted by molar-refractivity contribution is 7.52. The molecule has 5 N–H and O–H groups in total. The van der Waals surface area contributed by atoms with Crippen LogP contribution in [-0.4, -0.2) is 62.2 Å². The molecule has 3 heterocycles. The minimum absolute atomic E-state index is 0.0411. The third-order valence-electron chi connectivity index (χ3n) is 5.97. The highest BCUT2D eigenvalue weighted by Crippen LogP contribution is 2.48. The number of aromatic amines is 1. The molecule has 0 aliphatic carbocycles. The predicted molar refractivity (Wildman–Crippen MR) is 147 cm³/mol. The number of nitrogen functional groups attached to an aromatic ring is 1. The van der Waals surface area contributed by atoms with E-state index in [0.29, 0.717) is 0 Å². The van der Waals surface area contributed by atoms with E-state index in [9.17, 15) is 19.3 Å². The lowest BCUT2D eigenvalue weighted by atomic mass is 9.97. The van der Waals surface area contributed by atoms with Crippen LogP contribution in [0.5, 0.6) is 5.75 Å². The second-order valence-electron chi connectivity index (χ2n) is 9.40. The number of H-pyrrole nitrogens is 1. The standard InChI is InChI=1S/C25H28ClFN5O8P/c1-14(2)38-22(35)15(3)31-41(36,40-16-7-5-4-6-8-16)37-13-18-19(33)25(27,10-11-26)23(39-18)32-12-9-17-20(32)29-24(28)30-21(17)34/h4-9,12,14-15,18-19,23,33H,13H2,1-3H3,(H,31,36)(H3,28,29,30,34)/t15?,18-,19?,23?,25?,41?/m1/s1. The van der Waals surface area contributed by atoms with E-state index < -0.39 is 62.1 Å². The van der Waals surface area contributed by atoms with Gasteiger partial charge in [-0.25, -0.2) is 8.96 Å². The van der Waals surface area contributed by atoms with Crippen molar-refractivity contribution < 1.29 is 37.4 Å². The van der Waals surface area contributed by atoms with Gasteiger partial charge < -0.3 is 29.4 Å². The molecule has 1 fully saturated rings. The lowest BCUT2D eigenvalue weighted by Crippen LogP contribution is -2.42. The Balaban J connectivity index is 1.62. The lowest BCUT2D eigenvalue weighted by molar-refractivity contribution is -0.149. The van der Waals surface area contributed by atoms with Crippen molar-refractivity contribution in [3.8, 4) is 17.0 Å². The number of esters is 1. The number of nitrogens with zero attached hydrogens (tertiary/aromatic N) is 2. The number of aromatic nitrogens is 3. The monoisotopic (exact) mass is 611 g/mol. The molecule has 1 aromatic carbocycles. The zero-order valence-corrected chi connectivity index (χ0v) is 23.8. The summed E-state index contributed by atoms with van der Waals surface area (Å²) in [6.45, 7) is 4.01. The summed E-state index contributed by atoms with van der Waals surface area (Å²) in [7, 11) is -4.37. The molecule has 0 amide bonds. The Morgan fingerprint density at radius 1 is 1.37 bits per heavy atom. The number of fused-ring (bicyclic) bond motifs is 1. The molecule has 1 aliphatic heterocycles. The summed E-state index contributed by atoms with van der Waals surface area (Å²) in [5.74, 6) is 1.29. The van der Waals surface area contributed by atoms with Crippen molar-refractivity contribution in [3.05, 3.63) is 52.9 Å². The number of anilines is 1. The van der Waals surface area contributed by atoms with E-state index >= 15 is 4.39 Å². The second kappa shape index (κ2) is 12.2. The van der Waals surface area contributed by atoms with Crippen LogP contribution in [-0.2, 0) is 23.4 Å². The van der Waals surface area contributed by atoms with Gasteiger partial charge in [-0.1, -0.05) is 18.2 Å². The Hall–Kier alpha value is -3.44. The van der Waals surface area contributed by atoms with Crippen LogP contribution in [0.25, 0.3) is 11.0 Å². The molecule has 0 spiro atoms. The molecule has 16 heteroatoms. The Labute approximate surface area is 238 Å². The number of ether oxygens (including phenoxy) is 2. The van der Waals surface area contributed by atoms with Gasteiger partial charge in [0.25, 0.3) is 5.56 Å². The van der Waals surface area contributed by atoms with Crippen molar-refractivity contribution in [2.24, 2.45) is 0 Å². The normalized spacial score (nSPS) is 24.4. The fourth-order valence-corrected chi connectivity index (χ4v) is 5.76. The SMILES string of the molecule is CC(C)OC(=O)C(C)NP(=O)(OC[C@H]1OC(n2ccc3c(=O)[nH]c(N)nc32)C(F)(C#CCl)C1O)Oc1ccccc1. The molecule has 0 bridgehead atoms. The first-order valence-corrected chi connectivity index (χ1v) is 14.3. The Morgan fingerprint density at radius 2 is 2.07 bits per heavy atom. The van der Waals surface area contributed by atoms with Crippen LogP contribution in [0, 0.1) is 11.3 Å². The van der Waals surface area contributed by atoms with E-state index in [1.807, 2.05) is 5.38 Å². The second-order valence-corrected chi connectivity index (χ2v) is 11.3. The van der Waals surface area contributed by atoms with Gasteiger partial charge in [-0.05, 0) is 56.5 Å². The van der Waals surface area contributed by atoms with Gasteiger partial charge in [-0.3, -0.25) is 19.1 Å². The van der Waals surface area contributed by atoms with E-state index in [1.54, 1.807) is 32.0 Å². The largest absolute Gasteiger partial charge is 0.462 e. The molecular formula is C25H28ClFN5O8P. The third-order valence-corrected chi connectivity index (χ3v) is 7.71. The zero-order chi connectivity index (χ0) is 29.9. The topological polar surface area (TPSA) is 180 Å². The fourth-order valence-electron chi connectivity index (χ4n) is 4.12. The molecule has 41 heavy (non-hydrogen) atoms. The summed E-state index contributed by atoms with van der Waals surface area (Å²) >= 11 is 5.53. The first-order valence-electron chi connectivity index (χ1n) is 12.4. The van der Waals surface area contributed by atoms with Crippen LogP contribution in [0.2, 0.25) is 0 Å². The smallest absolute Gasteiger partial charge is 0.459 e. The molecule has 0 radical (unpaired) electrons. The van der Waals surface area contributed by atoms with Crippen molar-refractivity contribution in [2.45, 2.75) is 57.0 Å². The summed E-state index contributed by atoms with van der Waals surface area (Å²) in [6, 6.07) is 8.19. The molecule has 4 rings (SSSR count). The minimum atomic E-state index is -4.37. The number of halogens is 2. The average molecular weight is 612 g/mol. The Kier molecular flexibility index (Phi) is 9.08. The number of hydrogen-bond acceptors (Lipinski definition) is 10. The Bertz CT molecular complexity index is 1570. The number of para-hydroxylation sites is 1. The summed E-state index contributed by atoms with van der Waals surface area (Å²) in [4.78, 5) is 31.0. The van der Waals surface area contributed by atoms with Crippen LogP contribution in [0.3, 0.4) is 0 Å². The van der Waals surface area contributed by atoms with Gasteiger partial charge in [0.1, 0.15) is 24.0 Å². The molecule has 13 nitrogen and oxygen atoms in total. The minimum Gasteiger partial charge on any atom is -0.462 e. The van der Waals surface area contributed by atoms with Gasteiger partial charge in [-0.2, -0.15) is 10.1 Å². The van der Waals surface area contributed by atoms with Crippen LogP contribution in [0.1, 0.15) is 27.0 Å². The Morgan fingerprint density at radius 3 is 2.73 bits per heavy atom. The number of hydrogen-bond donors (Lipinski definition) is 4. The van der Waals surface area contributed by atoms with Gasteiger partial charge in [0, 0.05) is 11.6 Å². The van der Waals surface area contributed by atoms with E-state index in [1.165, 1.54) is 31.3 Å². The van der Waals surface area contributed by atoms with Gasteiger partial charge in [0.2, 0.25) is 11.6 Å². The van der Waals surface area contributed by atoms with Crippen molar-refractivity contribution in [1.82, 2.24) is 19.6 Å². The van der Waals surface area contributed by atoms with Crippen molar-refractivity contribution in [3.63, 3.8) is 0 Å². The van der Waals surface area contributed by atoms with Crippen molar-refractivity contribution >= 4 is 42.3 Å². The highest BCUT2D eigenvalue weighted by Gasteiger charge is 2.58. The number of nitrogens with one attached hydrogen (secondary N) is 2. The number of aliphatic hydroxyl groups is 1. The van der Waals surface area contributed by atoms with E-state index in [0.717, 1.165) is 4.57 Å². The summed E-state index contributed by atoms with van der Waals surface area (Å²) in [5.41, 5.74) is 2.22. The van der Waals surface area contributed by atoms with Crippen LogP contribution in [0.15, 0.2) is 47.4 Å². The number of carbonyl (C=O) groups is 1. The lowest BCUT2D eigenvalue weighted by Gasteiger charge is -2.25. The summed E-state index contributed by atoms with van der Waals surface area (Å²) in [5, 5.41) is 15.4. The molecule has 3 aromatic rings. The molecule has 6 atom stereocenters. The molecule has 2 aromatic heterocycles. The quantitative estimate of drug-likeness (QED) is 0.150. The van der Waals surface area contributed by atoms with Gasteiger partial charge in [0.15, 0.2) is 11.9 Å². The molecular weight excluding hydrogens is 584 g/mol. The van der Waals surface area contributed by atoms with Crippen LogP contribution in [0.4, 0.5) is 10.3 Å². The van der Waals surface area contributed by atoms with Gasteiger partial charge >= 0.3 is 13.7 Å². The number of carbonyl (C=O) groups excluding carboxylic acids is 1. The van der Waals surface area contributed by atoms with E-state index in [2.05, 4.69) is 21.0 Å². The third kappa shape index (κ3) is 6.56. The van der Waals surface area contributed by atoms with Crippen LogP contribution < -0.4 is 20.9 Å². The maximum atomic E-state index is 16.3. The summed E-state index contributed by atoms with van der Waals surface area (Å²) in [6.07, 6.45) is -4.27. The molecule has 5 unspecified atom stereocenters. The predicted octanol–water partition coefficient (Wildman–Crippen LogP) is 2.61. The van der Waals surface area contributed by atoms with Gasteiger partial charge in [0.05, 0.1) is 18.1 Å². The zero-order valence-electron chi connectivity index (χ0n) is 22.1. The maximum absolute atomic E-state index is 16.3. The number of benzene rings is 1. The number of rotatable bonds is 10. The van der Waals surface area contributed by atoms with Gasteiger partial charge in [-0.15, -0.1) is 0 Å². The average Bonchev–Trinajstić information content (AvgIpc) is 3.42. The molecule has 1 aliphatic rings. The highest BCUT2D eigenvalue weighted by atomic mass is 35.5. The number of nitrogens with two attached hydrogens (primary N) is 1.